The number of hydrogen-bond donors (Lipinski definition) is 2. The third-order valence-electron chi connectivity index (χ3n) is 3.54. The third kappa shape index (κ3) is 3.32. The lowest BCUT2D eigenvalue weighted by molar-refractivity contribution is 0.0950. The average Bonchev–Trinajstić information content (AvgIpc) is 3.06. The Hall–Kier alpha value is -2.25. The Morgan fingerprint density at radius 2 is 2.04 bits per heavy atom. The number of aryl methyl sites for hydroxylation is 1. The largest absolute Gasteiger partial charge is 0.350 e. The van der Waals surface area contributed by atoms with Crippen molar-refractivity contribution in [1.29, 1.82) is 0 Å². The van der Waals surface area contributed by atoms with Gasteiger partial charge in [0.1, 0.15) is 10.6 Å². The topological polar surface area (TPSA) is 72.9 Å². The van der Waals surface area contributed by atoms with E-state index in [1.165, 1.54) is 23.5 Å². The van der Waals surface area contributed by atoms with Crippen molar-refractivity contribution in [2.24, 2.45) is 5.73 Å². The van der Waals surface area contributed by atoms with Gasteiger partial charge in [-0.25, -0.2) is 9.07 Å². The van der Waals surface area contributed by atoms with Gasteiger partial charge >= 0.3 is 0 Å². The van der Waals surface area contributed by atoms with Gasteiger partial charge in [-0.05, 0) is 51.1 Å². The molecule has 0 atom stereocenters. The van der Waals surface area contributed by atoms with Gasteiger partial charge in [0.25, 0.3) is 5.91 Å². The van der Waals surface area contributed by atoms with Crippen LogP contribution in [-0.4, -0.2) is 27.8 Å². The van der Waals surface area contributed by atoms with Crippen molar-refractivity contribution in [1.82, 2.24) is 15.1 Å². The van der Waals surface area contributed by atoms with E-state index in [9.17, 15) is 9.18 Å². The molecule has 2 heterocycles. The molecule has 7 heteroatoms. The summed E-state index contributed by atoms with van der Waals surface area (Å²) in [5.41, 5.74) is 7.01. The Bertz CT molecular complexity index is 890. The van der Waals surface area contributed by atoms with Crippen LogP contribution in [0.2, 0.25) is 0 Å². The molecule has 2 aromatic heterocycles. The van der Waals surface area contributed by atoms with Gasteiger partial charge < -0.3 is 11.1 Å². The number of carbonyl (C=O) groups excluding carboxylic acids is 1. The van der Waals surface area contributed by atoms with Crippen LogP contribution in [0.3, 0.4) is 0 Å². The molecular weight excluding hydrogens is 327 g/mol. The normalized spacial score (nSPS) is 11.9. The van der Waals surface area contributed by atoms with Gasteiger partial charge in [0, 0.05) is 17.5 Å². The molecule has 0 unspecified atom stereocenters. The molecule has 0 aliphatic carbocycles. The highest BCUT2D eigenvalue weighted by molar-refractivity contribution is 7.20. The molecule has 24 heavy (non-hydrogen) atoms. The number of amides is 1. The molecule has 0 bridgehead atoms. The van der Waals surface area contributed by atoms with Gasteiger partial charge in [0.15, 0.2) is 0 Å². The number of hydrogen-bond acceptors (Lipinski definition) is 4. The molecule has 0 radical (unpaired) electrons. The van der Waals surface area contributed by atoms with Gasteiger partial charge in [-0.15, -0.1) is 11.3 Å². The predicted molar refractivity (Wildman–Crippen MR) is 94.2 cm³/mol. The molecule has 0 saturated carbocycles. The zero-order valence-electron chi connectivity index (χ0n) is 13.8. The van der Waals surface area contributed by atoms with E-state index in [4.69, 9.17) is 5.73 Å². The van der Waals surface area contributed by atoms with Crippen molar-refractivity contribution >= 4 is 27.5 Å². The summed E-state index contributed by atoms with van der Waals surface area (Å²) in [7, 11) is 0. The molecule has 0 spiro atoms. The third-order valence-corrected chi connectivity index (χ3v) is 4.65. The van der Waals surface area contributed by atoms with Crippen molar-refractivity contribution in [3.63, 3.8) is 0 Å². The van der Waals surface area contributed by atoms with Gasteiger partial charge in [-0.2, -0.15) is 5.10 Å². The van der Waals surface area contributed by atoms with Crippen molar-refractivity contribution in [2.75, 3.05) is 6.54 Å². The second-order valence-electron chi connectivity index (χ2n) is 6.47. The van der Waals surface area contributed by atoms with E-state index in [0.717, 1.165) is 21.6 Å². The molecule has 3 aromatic rings. The Balaban J connectivity index is 1.95. The summed E-state index contributed by atoms with van der Waals surface area (Å²) in [5, 5.41) is 8.25. The highest BCUT2D eigenvalue weighted by atomic mass is 32.1. The van der Waals surface area contributed by atoms with E-state index in [-0.39, 0.29) is 11.7 Å². The van der Waals surface area contributed by atoms with Gasteiger partial charge in [-0.3, -0.25) is 4.79 Å². The molecule has 0 aliphatic rings. The number of carbonyl (C=O) groups is 1. The molecule has 0 fully saturated rings. The van der Waals surface area contributed by atoms with Crippen LogP contribution < -0.4 is 11.1 Å². The van der Waals surface area contributed by atoms with Gasteiger partial charge in [0.2, 0.25) is 0 Å². The maximum Gasteiger partial charge on any atom is 0.261 e. The number of nitrogens with one attached hydrogen (secondary N) is 1. The van der Waals surface area contributed by atoms with E-state index < -0.39 is 5.54 Å². The number of nitrogens with zero attached hydrogens (tertiary/aromatic N) is 2. The van der Waals surface area contributed by atoms with E-state index >= 15 is 0 Å². The number of halogens is 1. The minimum Gasteiger partial charge on any atom is -0.350 e. The fourth-order valence-electron chi connectivity index (χ4n) is 2.31. The van der Waals surface area contributed by atoms with Crippen LogP contribution in [0.4, 0.5) is 4.39 Å². The smallest absolute Gasteiger partial charge is 0.261 e. The lowest BCUT2D eigenvalue weighted by atomic mass is 10.1. The van der Waals surface area contributed by atoms with Crippen LogP contribution in [0.15, 0.2) is 30.3 Å². The first-order chi connectivity index (χ1) is 11.2. The lowest BCUT2D eigenvalue weighted by Gasteiger charge is -2.18. The summed E-state index contributed by atoms with van der Waals surface area (Å²) < 4.78 is 14.9. The number of benzene rings is 1. The van der Waals surface area contributed by atoms with Crippen LogP contribution in [0, 0.1) is 12.7 Å². The quantitative estimate of drug-likeness (QED) is 0.763. The number of fused-ring (bicyclic) bond motifs is 1. The highest BCUT2D eigenvalue weighted by Crippen LogP contribution is 2.30. The zero-order chi connectivity index (χ0) is 17.5. The molecule has 126 valence electrons. The van der Waals surface area contributed by atoms with Crippen LogP contribution in [0.25, 0.3) is 15.9 Å². The number of aromatic nitrogens is 2. The molecule has 1 amide bonds. The van der Waals surface area contributed by atoms with Crippen molar-refractivity contribution in [3.05, 3.63) is 46.7 Å². The maximum absolute atomic E-state index is 13.1. The van der Waals surface area contributed by atoms with E-state index in [0.29, 0.717) is 11.4 Å². The van der Waals surface area contributed by atoms with Crippen molar-refractivity contribution in [2.45, 2.75) is 26.3 Å². The van der Waals surface area contributed by atoms with Crippen LogP contribution in [0.5, 0.6) is 0 Å². The summed E-state index contributed by atoms with van der Waals surface area (Å²) in [4.78, 5) is 13.8. The summed E-state index contributed by atoms with van der Waals surface area (Å²) in [5.74, 6) is -0.450. The van der Waals surface area contributed by atoms with Gasteiger partial charge in [-0.1, -0.05) is 0 Å². The SMILES string of the molecule is Cc1nn(-c2ccc(F)cc2)c2sc(C(=O)NCC(C)(C)N)cc12. The number of thiophene rings is 1. The molecular formula is C17H19FN4OS. The second kappa shape index (κ2) is 5.99. The molecule has 3 N–H and O–H groups in total. The fourth-order valence-corrected chi connectivity index (χ4v) is 3.41. The summed E-state index contributed by atoms with van der Waals surface area (Å²) in [6, 6.07) is 7.95. The van der Waals surface area contributed by atoms with E-state index in [1.54, 1.807) is 16.8 Å². The molecule has 0 saturated heterocycles. The molecule has 3 rings (SSSR count). The molecule has 0 aliphatic heterocycles. The van der Waals surface area contributed by atoms with Crippen LogP contribution in [-0.2, 0) is 0 Å². The predicted octanol–water partition coefficient (Wildman–Crippen LogP) is 3.00. The van der Waals surface area contributed by atoms with Crippen LogP contribution >= 0.6 is 11.3 Å². The average molecular weight is 346 g/mol. The highest BCUT2D eigenvalue weighted by Gasteiger charge is 2.19. The zero-order valence-corrected chi connectivity index (χ0v) is 14.6. The van der Waals surface area contributed by atoms with E-state index in [1.807, 2.05) is 26.8 Å². The fraction of sp³-hybridized carbons (Fsp3) is 0.294. The number of rotatable bonds is 4. The van der Waals surface area contributed by atoms with Crippen LogP contribution in [0.1, 0.15) is 29.2 Å². The van der Waals surface area contributed by atoms with E-state index in [2.05, 4.69) is 10.4 Å². The Morgan fingerprint density at radius 3 is 2.67 bits per heavy atom. The van der Waals surface area contributed by atoms with Crippen molar-refractivity contribution in [3.8, 4) is 5.69 Å². The Labute approximate surface area is 143 Å². The lowest BCUT2D eigenvalue weighted by Crippen LogP contribution is -2.44. The Morgan fingerprint density at radius 1 is 1.38 bits per heavy atom. The second-order valence-corrected chi connectivity index (χ2v) is 7.51. The minimum absolute atomic E-state index is 0.153. The first kappa shape index (κ1) is 16.6. The monoisotopic (exact) mass is 346 g/mol. The summed E-state index contributed by atoms with van der Waals surface area (Å²) in [6.45, 7) is 5.99. The summed E-state index contributed by atoms with van der Waals surface area (Å²) in [6.07, 6.45) is 0. The number of nitrogens with two attached hydrogens (primary N) is 1. The molecule has 1 aromatic carbocycles. The maximum atomic E-state index is 13.1. The minimum atomic E-state index is -0.465. The molecule has 5 nitrogen and oxygen atoms in total. The van der Waals surface area contributed by atoms with Gasteiger partial charge in [0.05, 0.1) is 16.3 Å². The van der Waals surface area contributed by atoms with Crippen molar-refractivity contribution < 1.29 is 9.18 Å². The Kier molecular flexibility index (Phi) is 4.15. The summed E-state index contributed by atoms with van der Waals surface area (Å²) >= 11 is 1.36. The first-order valence-corrected chi connectivity index (χ1v) is 8.38. The first-order valence-electron chi connectivity index (χ1n) is 7.57. The standard InChI is InChI=1S/C17H19FN4OS/c1-10-13-8-14(15(23)20-9-17(2,3)19)24-16(13)22(21-10)12-6-4-11(18)5-7-12/h4-8H,9,19H2,1-3H3,(H,20,23).